The number of hydrogen-bond donors (Lipinski definition) is 1. The van der Waals surface area contributed by atoms with Gasteiger partial charge in [0.25, 0.3) is 0 Å². The molecular weight excluding hydrogens is 269 g/mol. The molecule has 0 atom stereocenters. The first-order valence-corrected chi connectivity index (χ1v) is 6.00. The molecular formula is C13H15F3N4. The highest BCUT2D eigenvalue weighted by atomic mass is 19.4. The topological polar surface area (TPSA) is 56.7 Å². The first-order chi connectivity index (χ1) is 9.10. The molecule has 0 aliphatic rings. The number of benzene rings is 1. The number of anilines is 1. The van der Waals surface area contributed by atoms with Crippen molar-refractivity contribution >= 4 is 5.82 Å². The van der Waals surface area contributed by atoms with Crippen LogP contribution < -0.4 is 5.73 Å². The van der Waals surface area contributed by atoms with E-state index in [1.165, 1.54) is 10.7 Å². The van der Waals surface area contributed by atoms with Crippen molar-refractivity contribution < 1.29 is 13.2 Å². The van der Waals surface area contributed by atoms with Gasteiger partial charge in [-0.15, -0.1) is 5.10 Å². The maximum absolute atomic E-state index is 12.8. The Morgan fingerprint density at radius 3 is 2.35 bits per heavy atom. The van der Waals surface area contributed by atoms with Crippen molar-refractivity contribution in [2.24, 2.45) is 0 Å². The molecule has 1 aromatic carbocycles. The Morgan fingerprint density at radius 1 is 1.15 bits per heavy atom. The van der Waals surface area contributed by atoms with Crippen LogP contribution in [0.25, 0.3) is 5.69 Å². The minimum Gasteiger partial charge on any atom is -0.381 e. The van der Waals surface area contributed by atoms with Gasteiger partial charge in [0.15, 0.2) is 5.82 Å². The highest BCUT2D eigenvalue weighted by Crippen LogP contribution is 2.32. The Bertz CT molecular complexity index is 623. The van der Waals surface area contributed by atoms with Gasteiger partial charge in [-0.25, -0.2) is 4.68 Å². The number of nitrogen functional groups attached to an aromatic ring is 1. The second-order valence-corrected chi connectivity index (χ2v) is 5.53. The molecule has 0 saturated heterocycles. The molecule has 1 aromatic heterocycles. The van der Waals surface area contributed by atoms with Crippen LogP contribution in [-0.4, -0.2) is 15.0 Å². The monoisotopic (exact) mass is 284 g/mol. The molecule has 108 valence electrons. The zero-order valence-corrected chi connectivity index (χ0v) is 11.4. The first kappa shape index (κ1) is 14.4. The van der Waals surface area contributed by atoms with E-state index in [-0.39, 0.29) is 16.9 Å². The smallest absolute Gasteiger partial charge is 0.381 e. The average molecular weight is 284 g/mol. The molecule has 0 aliphatic heterocycles. The van der Waals surface area contributed by atoms with E-state index in [0.717, 1.165) is 12.1 Å². The fraction of sp³-hybridized carbons (Fsp3) is 0.385. The van der Waals surface area contributed by atoms with Crippen molar-refractivity contribution in [2.45, 2.75) is 32.4 Å². The maximum atomic E-state index is 12.8. The number of aromatic nitrogens is 3. The molecule has 0 bridgehead atoms. The Kier molecular flexibility index (Phi) is 3.23. The van der Waals surface area contributed by atoms with E-state index in [1.807, 2.05) is 20.8 Å². The summed E-state index contributed by atoms with van der Waals surface area (Å²) in [7, 11) is 0. The minimum absolute atomic E-state index is 0.218. The van der Waals surface area contributed by atoms with Crippen LogP contribution in [-0.2, 0) is 11.6 Å². The fourth-order valence-corrected chi connectivity index (χ4v) is 1.99. The predicted molar refractivity (Wildman–Crippen MR) is 69.5 cm³/mol. The standard InChI is InChI=1S/C13H15F3N4/c1-12(2,3)10-11(17)18-19-20(10)9-6-4-5-8(7-9)13(14,15)16/h4-7H,17H2,1-3H3. The van der Waals surface area contributed by atoms with Gasteiger partial charge >= 0.3 is 6.18 Å². The second-order valence-electron chi connectivity index (χ2n) is 5.53. The van der Waals surface area contributed by atoms with E-state index in [4.69, 9.17) is 5.73 Å². The van der Waals surface area contributed by atoms with E-state index in [1.54, 1.807) is 6.07 Å². The van der Waals surface area contributed by atoms with Gasteiger partial charge in [-0.1, -0.05) is 32.1 Å². The number of nitrogens with two attached hydrogens (primary N) is 1. The third kappa shape index (κ3) is 2.61. The Balaban J connectivity index is 2.59. The number of rotatable bonds is 1. The lowest BCUT2D eigenvalue weighted by Crippen LogP contribution is -2.19. The van der Waals surface area contributed by atoms with Gasteiger partial charge in [-0.3, -0.25) is 0 Å². The van der Waals surface area contributed by atoms with E-state index < -0.39 is 11.7 Å². The van der Waals surface area contributed by atoms with Gasteiger partial charge in [-0.05, 0) is 18.2 Å². The first-order valence-electron chi connectivity index (χ1n) is 6.00. The number of nitrogens with zero attached hydrogens (tertiary/aromatic N) is 3. The third-order valence-electron chi connectivity index (χ3n) is 2.82. The van der Waals surface area contributed by atoms with E-state index in [2.05, 4.69) is 10.3 Å². The largest absolute Gasteiger partial charge is 0.416 e. The van der Waals surface area contributed by atoms with Crippen molar-refractivity contribution in [1.29, 1.82) is 0 Å². The van der Waals surface area contributed by atoms with E-state index in [0.29, 0.717) is 5.69 Å². The number of alkyl halides is 3. The molecule has 2 rings (SSSR count). The van der Waals surface area contributed by atoms with Gasteiger partial charge < -0.3 is 5.73 Å². The molecule has 4 nitrogen and oxygen atoms in total. The van der Waals surface area contributed by atoms with Crippen molar-refractivity contribution in [3.63, 3.8) is 0 Å². The molecule has 0 fully saturated rings. The maximum Gasteiger partial charge on any atom is 0.416 e. The molecule has 0 saturated carbocycles. The summed E-state index contributed by atoms with van der Waals surface area (Å²) in [5.41, 5.74) is 5.52. The lowest BCUT2D eigenvalue weighted by atomic mass is 9.91. The highest BCUT2D eigenvalue weighted by Gasteiger charge is 2.31. The molecule has 2 N–H and O–H groups in total. The molecule has 7 heteroatoms. The fourth-order valence-electron chi connectivity index (χ4n) is 1.99. The Morgan fingerprint density at radius 2 is 1.80 bits per heavy atom. The van der Waals surface area contributed by atoms with Crippen LogP contribution in [0.3, 0.4) is 0 Å². The summed E-state index contributed by atoms with van der Waals surface area (Å²) in [5.74, 6) is 0.218. The summed E-state index contributed by atoms with van der Waals surface area (Å²) in [4.78, 5) is 0. The van der Waals surface area contributed by atoms with Crippen LogP contribution in [0.5, 0.6) is 0 Å². The molecule has 20 heavy (non-hydrogen) atoms. The van der Waals surface area contributed by atoms with Gasteiger partial charge in [-0.2, -0.15) is 13.2 Å². The predicted octanol–water partition coefficient (Wildman–Crippen LogP) is 3.17. The van der Waals surface area contributed by atoms with Crippen molar-refractivity contribution in [1.82, 2.24) is 15.0 Å². The molecule has 1 heterocycles. The van der Waals surface area contributed by atoms with Gasteiger partial charge in [0.05, 0.1) is 16.9 Å². The molecule has 0 aliphatic carbocycles. The van der Waals surface area contributed by atoms with Crippen LogP contribution in [0.2, 0.25) is 0 Å². The van der Waals surface area contributed by atoms with Crippen molar-refractivity contribution in [3.8, 4) is 5.69 Å². The molecule has 0 spiro atoms. The van der Waals surface area contributed by atoms with E-state index >= 15 is 0 Å². The molecule has 0 radical (unpaired) electrons. The molecule has 0 amide bonds. The summed E-state index contributed by atoms with van der Waals surface area (Å²) in [5, 5.41) is 7.61. The lowest BCUT2D eigenvalue weighted by molar-refractivity contribution is -0.137. The quantitative estimate of drug-likeness (QED) is 0.875. The normalized spacial score (nSPS) is 12.7. The van der Waals surface area contributed by atoms with Crippen LogP contribution in [0.1, 0.15) is 32.0 Å². The average Bonchev–Trinajstić information content (AvgIpc) is 2.70. The summed E-state index contributed by atoms with van der Waals surface area (Å²) in [6, 6.07) is 4.92. The Hall–Kier alpha value is -2.05. The van der Waals surface area contributed by atoms with E-state index in [9.17, 15) is 13.2 Å². The second kappa shape index (κ2) is 4.50. The van der Waals surface area contributed by atoms with Crippen molar-refractivity contribution in [3.05, 3.63) is 35.5 Å². The summed E-state index contributed by atoms with van der Waals surface area (Å²) in [6.07, 6.45) is -4.40. The van der Waals surface area contributed by atoms with Gasteiger partial charge in [0.2, 0.25) is 0 Å². The van der Waals surface area contributed by atoms with Gasteiger partial charge in [0.1, 0.15) is 0 Å². The minimum atomic E-state index is -4.40. The van der Waals surface area contributed by atoms with Crippen LogP contribution >= 0.6 is 0 Å². The van der Waals surface area contributed by atoms with Crippen LogP contribution in [0.4, 0.5) is 19.0 Å². The lowest BCUT2D eigenvalue weighted by Gasteiger charge is -2.20. The van der Waals surface area contributed by atoms with Crippen molar-refractivity contribution in [2.75, 3.05) is 5.73 Å². The van der Waals surface area contributed by atoms with Crippen LogP contribution in [0.15, 0.2) is 24.3 Å². The summed E-state index contributed by atoms with van der Waals surface area (Å²) < 4.78 is 39.6. The number of hydrogen-bond acceptors (Lipinski definition) is 3. The molecule has 2 aromatic rings. The zero-order chi connectivity index (χ0) is 15.1. The summed E-state index contributed by atoms with van der Waals surface area (Å²) >= 11 is 0. The summed E-state index contributed by atoms with van der Waals surface area (Å²) in [6.45, 7) is 5.69. The highest BCUT2D eigenvalue weighted by molar-refractivity contribution is 5.45. The SMILES string of the molecule is CC(C)(C)c1c(N)nnn1-c1cccc(C(F)(F)F)c1. The Labute approximate surface area is 114 Å². The van der Waals surface area contributed by atoms with Gasteiger partial charge in [0, 0.05) is 5.41 Å². The zero-order valence-electron chi connectivity index (χ0n) is 11.4. The number of halogens is 3. The third-order valence-corrected chi connectivity index (χ3v) is 2.82. The molecule has 0 unspecified atom stereocenters. The van der Waals surface area contributed by atoms with Crippen LogP contribution in [0, 0.1) is 0 Å².